The fraction of sp³-hybridized carbons (Fsp3) is 0.500. The van der Waals surface area contributed by atoms with Crippen LogP contribution in [0.1, 0.15) is 67.5 Å². The molecule has 2 aromatic heterocycles. The second kappa shape index (κ2) is 7.40. The van der Waals surface area contributed by atoms with E-state index in [9.17, 15) is 9.59 Å². The Labute approximate surface area is 148 Å². The van der Waals surface area contributed by atoms with E-state index >= 15 is 0 Å². The van der Waals surface area contributed by atoms with Crippen LogP contribution in [0.4, 0.5) is 0 Å². The Kier molecular flexibility index (Phi) is 5.25. The Morgan fingerprint density at radius 1 is 1.33 bits per heavy atom. The van der Waals surface area contributed by atoms with E-state index in [1.807, 2.05) is 6.92 Å². The van der Waals surface area contributed by atoms with E-state index < -0.39 is 5.97 Å². The van der Waals surface area contributed by atoms with Crippen molar-refractivity contribution >= 4 is 34.6 Å². The van der Waals surface area contributed by atoms with Crippen molar-refractivity contribution in [3.8, 4) is 0 Å². The van der Waals surface area contributed by atoms with Gasteiger partial charge in [-0.3, -0.25) is 4.79 Å². The molecule has 2 N–H and O–H groups in total. The van der Waals surface area contributed by atoms with Crippen molar-refractivity contribution in [2.24, 2.45) is 0 Å². The summed E-state index contributed by atoms with van der Waals surface area (Å²) >= 11 is 2.80. The highest BCUT2D eigenvalue weighted by Gasteiger charge is 2.23. The van der Waals surface area contributed by atoms with Crippen LogP contribution >= 0.6 is 22.7 Å². The molecule has 1 saturated carbocycles. The molecule has 128 valence electrons. The maximum atomic E-state index is 12.3. The van der Waals surface area contributed by atoms with Crippen molar-refractivity contribution < 1.29 is 14.7 Å². The molecule has 0 aliphatic heterocycles. The molecule has 1 aliphatic rings. The molecule has 0 spiro atoms. The highest BCUT2D eigenvalue weighted by molar-refractivity contribution is 7.13. The van der Waals surface area contributed by atoms with E-state index in [4.69, 9.17) is 5.11 Å². The zero-order valence-electron chi connectivity index (χ0n) is 13.4. The van der Waals surface area contributed by atoms with Crippen LogP contribution < -0.4 is 5.32 Å². The lowest BCUT2D eigenvalue weighted by Crippen LogP contribution is -2.25. The number of thiazole rings is 2. The van der Waals surface area contributed by atoms with Gasteiger partial charge in [-0.25, -0.2) is 14.8 Å². The first kappa shape index (κ1) is 17.0. The van der Waals surface area contributed by atoms with Gasteiger partial charge in [0.05, 0.1) is 15.7 Å². The summed E-state index contributed by atoms with van der Waals surface area (Å²) in [6.45, 7) is 2.31. The number of carbonyl (C=O) groups excluding carboxylic acids is 1. The number of aryl methyl sites for hydroxylation is 1. The topological polar surface area (TPSA) is 92.2 Å². The van der Waals surface area contributed by atoms with Crippen molar-refractivity contribution in [2.75, 3.05) is 6.54 Å². The van der Waals surface area contributed by atoms with Gasteiger partial charge in [0.1, 0.15) is 4.88 Å². The SMILES string of the molecule is Cc1nc(C2CCCC2)sc1C(=O)NCCc1nc(C(=O)O)cs1. The molecule has 0 aromatic carbocycles. The smallest absolute Gasteiger partial charge is 0.355 e. The summed E-state index contributed by atoms with van der Waals surface area (Å²) in [5.41, 5.74) is 0.850. The molecule has 1 fully saturated rings. The van der Waals surface area contributed by atoms with Crippen LogP contribution in [0.15, 0.2) is 5.38 Å². The van der Waals surface area contributed by atoms with Gasteiger partial charge < -0.3 is 10.4 Å². The molecule has 1 amide bonds. The first-order valence-corrected chi connectivity index (χ1v) is 9.67. The van der Waals surface area contributed by atoms with Crippen LogP contribution in [0.2, 0.25) is 0 Å². The summed E-state index contributed by atoms with van der Waals surface area (Å²) in [5.74, 6) is -0.620. The van der Waals surface area contributed by atoms with Crippen LogP contribution in [0.5, 0.6) is 0 Å². The molecule has 0 atom stereocenters. The Hall–Kier alpha value is -1.80. The van der Waals surface area contributed by atoms with Gasteiger partial charge in [-0.05, 0) is 19.8 Å². The third kappa shape index (κ3) is 3.81. The quantitative estimate of drug-likeness (QED) is 0.820. The summed E-state index contributed by atoms with van der Waals surface area (Å²) in [4.78, 5) is 32.4. The standard InChI is InChI=1S/C16H19N3O3S2/c1-9-13(24-15(18-9)10-4-2-3-5-10)14(20)17-7-6-12-19-11(8-23-12)16(21)22/h8,10H,2-7H2,1H3,(H,17,20)(H,21,22). The van der Waals surface area contributed by atoms with Crippen LogP contribution in [0.25, 0.3) is 0 Å². The summed E-state index contributed by atoms with van der Waals surface area (Å²) in [5, 5.41) is 15.0. The number of hydrogen-bond acceptors (Lipinski definition) is 6. The van der Waals surface area contributed by atoms with E-state index in [-0.39, 0.29) is 11.6 Å². The average molecular weight is 365 g/mol. The lowest BCUT2D eigenvalue weighted by molar-refractivity contribution is 0.0690. The normalized spacial score (nSPS) is 14.9. The zero-order chi connectivity index (χ0) is 17.1. The Bertz CT molecular complexity index is 748. The van der Waals surface area contributed by atoms with E-state index in [0.717, 1.165) is 10.7 Å². The Morgan fingerprint density at radius 2 is 2.08 bits per heavy atom. The fourth-order valence-corrected chi connectivity index (χ4v) is 4.79. The Morgan fingerprint density at radius 3 is 2.75 bits per heavy atom. The van der Waals surface area contributed by atoms with Crippen LogP contribution in [-0.2, 0) is 6.42 Å². The number of aromatic carboxylic acids is 1. The first-order valence-electron chi connectivity index (χ1n) is 7.98. The maximum Gasteiger partial charge on any atom is 0.355 e. The number of aromatic nitrogens is 2. The minimum atomic E-state index is -1.03. The molecule has 2 aromatic rings. The van der Waals surface area contributed by atoms with Crippen molar-refractivity contribution in [1.82, 2.24) is 15.3 Å². The van der Waals surface area contributed by atoms with E-state index in [1.165, 1.54) is 53.7 Å². The number of carboxylic acids is 1. The number of carboxylic acid groups (broad SMARTS) is 1. The third-order valence-electron chi connectivity index (χ3n) is 4.12. The van der Waals surface area contributed by atoms with Crippen molar-refractivity contribution in [1.29, 1.82) is 0 Å². The summed E-state index contributed by atoms with van der Waals surface area (Å²) in [6.07, 6.45) is 5.36. The summed E-state index contributed by atoms with van der Waals surface area (Å²) in [6, 6.07) is 0. The molecule has 0 bridgehead atoms. The second-order valence-corrected chi connectivity index (χ2v) is 7.86. The molecule has 24 heavy (non-hydrogen) atoms. The van der Waals surface area contributed by atoms with E-state index in [2.05, 4.69) is 15.3 Å². The van der Waals surface area contributed by atoms with Crippen LogP contribution in [0.3, 0.4) is 0 Å². The number of rotatable bonds is 6. The largest absolute Gasteiger partial charge is 0.476 e. The molecule has 6 nitrogen and oxygen atoms in total. The van der Waals surface area contributed by atoms with Gasteiger partial charge in [0.25, 0.3) is 5.91 Å². The van der Waals surface area contributed by atoms with Gasteiger partial charge in [-0.2, -0.15) is 0 Å². The van der Waals surface area contributed by atoms with Crippen molar-refractivity contribution in [3.63, 3.8) is 0 Å². The lowest BCUT2D eigenvalue weighted by atomic mass is 10.1. The molecule has 2 heterocycles. The van der Waals surface area contributed by atoms with Crippen molar-refractivity contribution in [3.05, 3.63) is 31.7 Å². The fourth-order valence-electron chi connectivity index (χ4n) is 2.86. The Balaban J connectivity index is 1.55. The number of hydrogen-bond donors (Lipinski definition) is 2. The minimum absolute atomic E-state index is 0.0563. The molecular formula is C16H19N3O3S2. The molecule has 8 heteroatoms. The predicted molar refractivity (Wildman–Crippen MR) is 93.2 cm³/mol. The van der Waals surface area contributed by atoms with Crippen LogP contribution in [0, 0.1) is 6.92 Å². The number of amides is 1. The third-order valence-corrected chi connectivity index (χ3v) is 6.35. The molecule has 0 unspecified atom stereocenters. The van der Waals surface area contributed by atoms with Gasteiger partial charge in [0, 0.05) is 24.3 Å². The van der Waals surface area contributed by atoms with Gasteiger partial charge in [-0.15, -0.1) is 22.7 Å². The number of nitrogens with one attached hydrogen (secondary N) is 1. The molecular weight excluding hydrogens is 346 g/mol. The van der Waals surface area contributed by atoms with Crippen LogP contribution in [-0.4, -0.2) is 33.5 Å². The summed E-state index contributed by atoms with van der Waals surface area (Å²) in [7, 11) is 0. The molecule has 0 saturated heterocycles. The number of carbonyl (C=O) groups is 2. The molecule has 1 aliphatic carbocycles. The second-order valence-electron chi connectivity index (χ2n) is 5.89. The molecule has 3 rings (SSSR count). The van der Waals surface area contributed by atoms with Gasteiger partial charge in [0.15, 0.2) is 5.69 Å². The first-order chi connectivity index (χ1) is 11.5. The lowest BCUT2D eigenvalue weighted by Gasteiger charge is -2.03. The predicted octanol–water partition coefficient (Wildman–Crippen LogP) is 3.24. The van der Waals surface area contributed by atoms with Gasteiger partial charge in [0.2, 0.25) is 0 Å². The van der Waals surface area contributed by atoms with Gasteiger partial charge in [-0.1, -0.05) is 12.8 Å². The van der Waals surface area contributed by atoms with Crippen molar-refractivity contribution in [2.45, 2.75) is 44.9 Å². The van der Waals surface area contributed by atoms with E-state index in [1.54, 1.807) is 0 Å². The molecule has 0 radical (unpaired) electrons. The highest BCUT2D eigenvalue weighted by atomic mass is 32.1. The maximum absolute atomic E-state index is 12.3. The monoisotopic (exact) mass is 365 g/mol. The summed E-state index contributed by atoms with van der Waals surface area (Å²) < 4.78 is 0. The average Bonchev–Trinajstić information content (AvgIpc) is 3.27. The van der Waals surface area contributed by atoms with Gasteiger partial charge >= 0.3 is 5.97 Å². The van der Waals surface area contributed by atoms with E-state index in [0.29, 0.717) is 28.8 Å². The minimum Gasteiger partial charge on any atom is -0.476 e. The zero-order valence-corrected chi connectivity index (χ0v) is 15.0. The highest BCUT2D eigenvalue weighted by Crippen LogP contribution is 2.37. The number of nitrogens with zero attached hydrogens (tertiary/aromatic N) is 2.